The molecule has 0 radical (unpaired) electrons. The number of nitrogens with zero attached hydrogens (tertiary/aromatic N) is 4. The third kappa shape index (κ3) is 2.96. The average molecular weight is 362 g/mol. The molecule has 9 heteroatoms. The van der Waals surface area contributed by atoms with E-state index in [-0.39, 0.29) is 28.9 Å². The van der Waals surface area contributed by atoms with E-state index in [1.54, 1.807) is 6.07 Å². The lowest BCUT2D eigenvalue weighted by Crippen LogP contribution is -2.37. The molecule has 1 N–H and O–H groups in total. The number of amides is 1. The van der Waals surface area contributed by atoms with Crippen LogP contribution >= 0.6 is 11.6 Å². The normalized spacial score (nSPS) is 11.0. The van der Waals surface area contributed by atoms with Crippen molar-refractivity contribution >= 4 is 34.4 Å². The third-order valence-electron chi connectivity index (χ3n) is 3.90. The molecule has 0 fully saturated rings. The van der Waals surface area contributed by atoms with E-state index in [0.717, 1.165) is 10.1 Å². The van der Waals surface area contributed by atoms with Gasteiger partial charge in [0.1, 0.15) is 6.54 Å². The average Bonchev–Trinajstić information content (AvgIpc) is 2.88. The molecule has 2 heterocycles. The minimum atomic E-state index is -0.555. The second-order valence-corrected chi connectivity index (χ2v) is 6.10. The smallest absolute Gasteiger partial charge is 0.325 e. The predicted octanol–water partition coefficient (Wildman–Crippen LogP) is 1.03. The molecule has 8 nitrogen and oxygen atoms in total. The van der Waals surface area contributed by atoms with Gasteiger partial charge in [-0.2, -0.15) is 4.98 Å². The maximum atomic E-state index is 12.4. The molecule has 0 saturated carbocycles. The molecule has 0 unspecified atom stereocenters. The van der Waals surface area contributed by atoms with Crippen molar-refractivity contribution in [3.05, 3.63) is 56.0 Å². The fraction of sp³-hybridized carbons (Fsp3) is 0.250. The quantitative estimate of drug-likeness (QED) is 0.705. The Morgan fingerprint density at radius 3 is 2.64 bits per heavy atom. The molecule has 3 aromatic rings. The molecular weight excluding hydrogens is 346 g/mol. The molecule has 0 atom stereocenters. The monoisotopic (exact) mass is 361 g/mol. The summed E-state index contributed by atoms with van der Waals surface area (Å²) in [5, 5.41) is 2.71. The molecule has 0 aliphatic heterocycles. The van der Waals surface area contributed by atoms with Crippen LogP contribution in [0.1, 0.15) is 5.56 Å². The summed E-state index contributed by atoms with van der Waals surface area (Å²) >= 11 is 6.10. The molecule has 0 saturated heterocycles. The number of halogens is 1. The molecule has 0 spiro atoms. The van der Waals surface area contributed by atoms with Gasteiger partial charge in [0, 0.05) is 19.8 Å². The van der Waals surface area contributed by atoms with Crippen LogP contribution in [-0.4, -0.2) is 24.6 Å². The number of aryl methyl sites for hydroxylation is 2. The van der Waals surface area contributed by atoms with Crippen LogP contribution in [0.25, 0.3) is 11.2 Å². The molecule has 2 aromatic heterocycles. The number of aromatic nitrogens is 4. The van der Waals surface area contributed by atoms with Crippen molar-refractivity contribution in [3.63, 3.8) is 0 Å². The number of imidazole rings is 1. The summed E-state index contributed by atoms with van der Waals surface area (Å²) < 4.78 is 3.47. The van der Waals surface area contributed by atoms with Crippen molar-refractivity contribution in [3.8, 4) is 0 Å². The Balaban J connectivity index is 2.02. The highest BCUT2D eigenvalue weighted by molar-refractivity contribution is 6.29. The molecular formula is C16H16ClN5O3. The first-order chi connectivity index (χ1) is 11.8. The van der Waals surface area contributed by atoms with Crippen molar-refractivity contribution in [1.82, 2.24) is 18.7 Å². The van der Waals surface area contributed by atoms with Gasteiger partial charge in [0.2, 0.25) is 11.2 Å². The Morgan fingerprint density at radius 1 is 1.24 bits per heavy atom. The number of hydrogen-bond acceptors (Lipinski definition) is 4. The fourth-order valence-corrected chi connectivity index (χ4v) is 2.86. The van der Waals surface area contributed by atoms with E-state index < -0.39 is 11.2 Å². The van der Waals surface area contributed by atoms with Crippen molar-refractivity contribution in [2.75, 3.05) is 5.32 Å². The van der Waals surface area contributed by atoms with Crippen LogP contribution in [0.3, 0.4) is 0 Å². The lowest BCUT2D eigenvalue weighted by atomic mass is 10.2. The number of carbonyl (C=O) groups excluding carboxylic acids is 1. The van der Waals surface area contributed by atoms with E-state index in [2.05, 4.69) is 10.3 Å². The minimum Gasteiger partial charge on any atom is -0.325 e. The number of nitrogens with one attached hydrogen (secondary N) is 1. The van der Waals surface area contributed by atoms with Gasteiger partial charge < -0.3 is 5.32 Å². The van der Waals surface area contributed by atoms with Gasteiger partial charge in [-0.1, -0.05) is 12.1 Å². The second-order valence-electron chi connectivity index (χ2n) is 5.76. The lowest BCUT2D eigenvalue weighted by Gasteiger charge is -2.09. The molecule has 25 heavy (non-hydrogen) atoms. The molecule has 0 aliphatic carbocycles. The Hall–Kier alpha value is -2.87. The molecule has 130 valence electrons. The highest BCUT2D eigenvalue weighted by Gasteiger charge is 2.19. The number of benzene rings is 1. The first-order valence-corrected chi connectivity index (χ1v) is 7.85. The first kappa shape index (κ1) is 17.0. The number of rotatable bonds is 3. The van der Waals surface area contributed by atoms with Crippen molar-refractivity contribution < 1.29 is 4.79 Å². The summed E-state index contributed by atoms with van der Waals surface area (Å²) in [7, 11) is 2.85. The fourth-order valence-electron chi connectivity index (χ4n) is 2.63. The largest absolute Gasteiger partial charge is 0.332 e. The third-order valence-corrected chi connectivity index (χ3v) is 4.19. The zero-order chi connectivity index (χ0) is 18.3. The molecule has 3 rings (SSSR count). The Bertz CT molecular complexity index is 1110. The van der Waals surface area contributed by atoms with Crippen LogP contribution in [0.4, 0.5) is 5.69 Å². The summed E-state index contributed by atoms with van der Waals surface area (Å²) in [4.78, 5) is 40.8. The molecule has 1 amide bonds. The van der Waals surface area contributed by atoms with Crippen molar-refractivity contribution in [2.45, 2.75) is 13.5 Å². The van der Waals surface area contributed by atoms with Gasteiger partial charge in [0.15, 0.2) is 11.2 Å². The van der Waals surface area contributed by atoms with Crippen LogP contribution < -0.4 is 16.6 Å². The SMILES string of the molecule is Cc1cccc(NC(=O)Cn2c(Cl)nc3c2c(=O)n(C)c(=O)n3C)c1. The van der Waals surface area contributed by atoms with Crippen molar-refractivity contribution in [1.29, 1.82) is 0 Å². The highest BCUT2D eigenvalue weighted by atomic mass is 35.5. The second kappa shape index (κ2) is 6.21. The van der Waals surface area contributed by atoms with E-state index in [0.29, 0.717) is 5.69 Å². The number of anilines is 1. The van der Waals surface area contributed by atoms with Crippen molar-refractivity contribution in [2.24, 2.45) is 14.1 Å². The summed E-state index contributed by atoms with van der Waals surface area (Å²) in [6, 6.07) is 7.34. The molecule has 1 aromatic carbocycles. The summed E-state index contributed by atoms with van der Waals surface area (Å²) in [5.41, 5.74) is 0.831. The maximum absolute atomic E-state index is 12.4. The maximum Gasteiger partial charge on any atom is 0.332 e. The zero-order valence-corrected chi connectivity index (χ0v) is 14.7. The van der Waals surface area contributed by atoms with Gasteiger partial charge in [0.05, 0.1) is 0 Å². The van der Waals surface area contributed by atoms with Crippen LogP contribution in [-0.2, 0) is 25.4 Å². The van der Waals surface area contributed by atoms with E-state index in [9.17, 15) is 14.4 Å². The van der Waals surface area contributed by atoms with Gasteiger partial charge in [0.25, 0.3) is 5.56 Å². The standard InChI is InChI=1S/C16H16ClN5O3/c1-9-5-4-6-10(7-9)18-11(23)8-22-12-13(19-15(22)17)20(2)16(25)21(3)14(12)24/h4-7H,8H2,1-3H3,(H,18,23). The summed E-state index contributed by atoms with van der Waals surface area (Å²) in [5.74, 6) is -0.359. The first-order valence-electron chi connectivity index (χ1n) is 7.48. The summed E-state index contributed by atoms with van der Waals surface area (Å²) in [6.45, 7) is 1.72. The number of hydrogen-bond donors (Lipinski definition) is 1. The number of fused-ring (bicyclic) bond motifs is 1. The lowest BCUT2D eigenvalue weighted by molar-refractivity contribution is -0.116. The highest BCUT2D eigenvalue weighted by Crippen LogP contribution is 2.16. The Morgan fingerprint density at radius 2 is 1.96 bits per heavy atom. The van der Waals surface area contributed by atoms with Gasteiger partial charge in [-0.05, 0) is 36.2 Å². The van der Waals surface area contributed by atoms with E-state index in [1.165, 1.54) is 23.2 Å². The minimum absolute atomic E-state index is 0.0345. The van der Waals surface area contributed by atoms with Gasteiger partial charge >= 0.3 is 5.69 Å². The Kier molecular flexibility index (Phi) is 4.22. The summed E-state index contributed by atoms with van der Waals surface area (Å²) in [6.07, 6.45) is 0. The zero-order valence-electron chi connectivity index (χ0n) is 13.9. The van der Waals surface area contributed by atoms with E-state index in [1.807, 2.05) is 25.1 Å². The van der Waals surface area contributed by atoms with Gasteiger partial charge in [-0.15, -0.1) is 0 Å². The van der Waals surface area contributed by atoms with Crippen LogP contribution in [0.15, 0.2) is 33.9 Å². The van der Waals surface area contributed by atoms with Crippen LogP contribution in [0.2, 0.25) is 5.28 Å². The molecule has 0 aliphatic rings. The van der Waals surface area contributed by atoms with Crippen LogP contribution in [0, 0.1) is 6.92 Å². The Labute approximate surface area is 147 Å². The van der Waals surface area contributed by atoms with Crippen LogP contribution in [0.5, 0.6) is 0 Å². The van der Waals surface area contributed by atoms with E-state index in [4.69, 9.17) is 11.6 Å². The van der Waals surface area contributed by atoms with Gasteiger partial charge in [-0.25, -0.2) is 4.79 Å². The topological polar surface area (TPSA) is 90.9 Å². The van der Waals surface area contributed by atoms with E-state index >= 15 is 0 Å². The predicted molar refractivity (Wildman–Crippen MR) is 95.0 cm³/mol. The number of carbonyl (C=O) groups is 1. The van der Waals surface area contributed by atoms with Gasteiger partial charge in [-0.3, -0.25) is 23.3 Å². The molecule has 0 bridgehead atoms.